The summed E-state index contributed by atoms with van der Waals surface area (Å²) in [7, 11) is 0. The van der Waals surface area contributed by atoms with Crippen molar-refractivity contribution in [1.29, 1.82) is 0 Å². The van der Waals surface area contributed by atoms with E-state index in [9.17, 15) is 0 Å². The fourth-order valence-corrected chi connectivity index (χ4v) is 12.8. The lowest BCUT2D eigenvalue weighted by atomic mass is 9.36. The summed E-state index contributed by atoms with van der Waals surface area (Å²) in [5.74, 6) is 6.08. The lowest BCUT2D eigenvalue weighted by molar-refractivity contribution is -0.00522. The Balaban J connectivity index is 1.16. The van der Waals surface area contributed by atoms with Crippen molar-refractivity contribution in [3.8, 4) is 11.5 Å². The number of hydrogen-bond acceptors (Lipinski definition) is 3. The number of furan rings is 1. The smallest absolute Gasteiger partial charge is 0.301 e. The molecule has 0 radical (unpaired) electrons. The molecule has 4 aromatic carbocycles. The third-order valence-corrected chi connectivity index (χ3v) is 14.7. The molecule has 0 spiro atoms. The van der Waals surface area contributed by atoms with Crippen LogP contribution in [0.5, 0.6) is 11.5 Å². The molecule has 0 N–H and O–H groups in total. The van der Waals surface area contributed by atoms with E-state index in [0.29, 0.717) is 5.92 Å². The second-order valence-corrected chi connectivity index (χ2v) is 18.7. The highest BCUT2D eigenvalue weighted by molar-refractivity contribution is 6.98. The minimum atomic E-state index is -0.0132. The number of rotatable bonds is 2. The van der Waals surface area contributed by atoms with E-state index in [1.165, 1.54) is 109 Å². The van der Waals surface area contributed by atoms with Gasteiger partial charge in [0.15, 0.2) is 0 Å². The quantitative estimate of drug-likeness (QED) is 0.173. The average Bonchev–Trinajstić information content (AvgIpc) is 3.49. The first-order valence-electron chi connectivity index (χ1n) is 19.8. The highest BCUT2D eigenvalue weighted by Crippen LogP contribution is 2.62. The van der Waals surface area contributed by atoms with Crippen LogP contribution in [0.25, 0.3) is 11.0 Å². The number of para-hydroxylation sites is 1. The maximum absolute atomic E-state index is 7.11. The average molecular weight is 656 g/mol. The van der Waals surface area contributed by atoms with Gasteiger partial charge in [-0.1, -0.05) is 51.1 Å². The van der Waals surface area contributed by atoms with E-state index < -0.39 is 0 Å². The van der Waals surface area contributed by atoms with E-state index in [0.717, 1.165) is 46.4 Å². The minimum Gasteiger partial charge on any atom is -0.468 e. The third-order valence-electron chi connectivity index (χ3n) is 14.7. The Morgan fingerprint density at radius 1 is 0.740 bits per heavy atom. The maximum atomic E-state index is 7.11. The largest absolute Gasteiger partial charge is 0.468 e. The molecular formula is C46H46BNO2. The van der Waals surface area contributed by atoms with Crippen molar-refractivity contribution in [2.75, 3.05) is 4.90 Å². The third kappa shape index (κ3) is 3.83. The zero-order chi connectivity index (χ0) is 33.1. The standard InChI is InChI=1S/C46H46BNO2/c1-45(2,3)31-12-15-39-36(19-31)43-44(50-39)47-37-6-4-5-7-40(37)49-41-21-32(46-23-26-16-27(24-46)18-28(17-26)25-46)20-38(42(41)47)48(43)33-13-14-34-29-8-10-30(11-9-29)35(34)22-33/h4-7,12-15,19-22,26-30H,8-11,16-18,23-25H2,1-3H3. The van der Waals surface area contributed by atoms with Gasteiger partial charge in [0.1, 0.15) is 17.1 Å². The van der Waals surface area contributed by atoms with E-state index in [4.69, 9.17) is 9.15 Å². The van der Waals surface area contributed by atoms with E-state index in [-0.39, 0.29) is 17.5 Å². The lowest BCUT2D eigenvalue weighted by Gasteiger charge is -2.57. The van der Waals surface area contributed by atoms with E-state index in [2.05, 4.69) is 98.5 Å². The first-order chi connectivity index (χ1) is 24.3. The van der Waals surface area contributed by atoms with Gasteiger partial charge >= 0.3 is 6.71 Å². The molecule has 0 atom stereocenters. The van der Waals surface area contributed by atoms with Crippen molar-refractivity contribution >= 4 is 51.3 Å². The second kappa shape index (κ2) is 9.69. The molecule has 5 aromatic rings. The van der Waals surface area contributed by atoms with E-state index in [1.807, 2.05) is 0 Å². The zero-order valence-corrected chi connectivity index (χ0v) is 29.7. The van der Waals surface area contributed by atoms with Gasteiger partial charge in [0.2, 0.25) is 0 Å². The van der Waals surface area contributed by atoms with Gasteiger partial charge in [-0.3, -0.25) is 0 Å². The van der Waals surface area contributed by atoms with Crippen LogP contribution in [-0.2, 0) is 10.8 Å². The predicted octanol–water partition coefficient (Wildman–Crippen LogP) is 10.4. The van der Waals surface area contributed by atoms with Gasteiger partial charge < -0.3 is 14.1 Å². The van der Waals surface area contributed by atoms with Crippen molar-refractivity contribution in [1.82, 2.24) is 0 Å². The van der Waals surface area contributed by atoms with E-state index in [1.54, 1.807) is 11.1 Å². The van der Waals surface area contributed by atoms with Crippen LogP contribution in [0, 0.1) is 17.8 Å². The molecule has 9 aliphatic rings. The van der Waals surface area contributed by atoms with Crippen LogP contribution in [-0.4, -0.2) is 6.71 Å². The van der Waals surface area contributed by atoms with Crippen molar-refractivity contribution in [2.45, 2.75) is 108 Å². The molecule has 3 heterocycles. The fraction of sp³-hybridized carbons (Fsp3) is 0.435. The summed E-state index contributed by atoms with van der Waals surface area (Å²) < 4.78 is 14.1. The Bertz CT molecular complexity index is 2230. The van der Waals surface area contributed by atoms with Crippen LogP contribution in [0.4, 0.5) is 17.1 Å². The van der Waals surface area contributed by atoms with Gasteiger partial charge in [-0.2, -0.15) is 0 Å². The summed E-state index contributed by atoms with van der Waals surface area (Å²) >= 11 is 0. The Labute approximate surface area is 296 Å². The molecule has 7 aliphatic carbocycles. The molecule has 4 heteroatoms. The normalized spacial score (nSPS) is 29.5. The van der Waals surface area contributed by atoms with Crippen molar-refractivity contribution in [3.05, 3.63) is 95.1 Å². The van der Waals surface area contributed by atoms with E-state index >= 15 is 0 Å². The molecule has 5 fully saturated rings. The second-order valence-electron chi connectivity index (χ2n) is 18.7. The van der Waals surface area contributed by atoms with Crippen molar-refractivity contribution in [3.63, 3.8) is 0 Å². The summed E-state index contributed by atoms with van der Waals surface area (Å²) in [6, 6.07) is 28.3. The van der Waals surface area contributed by atoms with Crippen LogP contribution < -0.4 is 26.2 Å². The molecule has 1 aromatic heterocycles. The van der Waals surface area contributed by atoms with Gasteiger partial charge in [-0.05, 0) is 175 Å². The summed E-state index contributed by atoms with van der Waals surface area (Å²) in [5.41, 5.74) is 14.7. The molecule has 0 saturated heterocycles. The summed E-state index contributed by atoms with van der Waals surface area (Å²) in [6.45, 7) is 6.96. The Kier molecular flexibility index (Phi) is 5.57. The number of nitrogens with zero attached hydrogens (tertiary/aromatic N) is 1. The van der Waals surface area contributed by atoms with Gasteiger partial charge in [0.25, 0.3) is 0 Å². The Morgan fingerprint density at radius 2 is 1.46 bits per heavy atom. The highest BCUT2D eigenvalue weighted by Gasteiger charge is 2.53. The molecule has 14 rings (SSSR count). The van der Waals surface area contributed by atoms with Crippen LogP contribution in [0.15, 0.2) is 77.2 Å². The predicted molar refractivity (Wildman–Crippen MR) is 205 cm³/mol. The number of benzene rings is 4. The monoisotopic (exact) mass is 655 g/mol. The molecule has 250 valence electrons. The Morgan fingerprint density at radius 3 is 2.20 bits per heavy atom. The summed E-state index contributed by atoms with van der Waals surface area (Å²) in [4.78, 5) is 2.63. The number of anilines is 3. The summed E-state index contributed by atoms with van der Waals surface area (Å²) in [5, 5.41) is 1.23. The number of fused-ring (bicyclic) bond motifs is 8. The zero-order valence-electron chi connectivity index (χ0n) is 29.7. The maximum Gasteiger partial charge on any atom is 0.301 e. The lowest BCUT2D eigenvalue weighted by Crippen LogP contribution is -2.59. The SMILES string of the molecule is CC(C)(C)c1ccc2oc3c(c2c1)N(c1ccc2c(c1)C1CCC2CC1)c1cc(C24CC5CC(CC(C5)C2)C4)cc2c1B3c1ccccc1O2. The van der Waals surface area contributed by atoms with Crippen molar-refractivity contribution in [2.24, 2.45) is 17.8 Å². The number of ether oxygens (including phenoxy) is 1. The van der Waals surface area contributed by atoms with Crippen LogP contribution in [0.3, 0.4) is 0 Å². The topological polar surface area (TPSA) is 25.6 Å². The van der Waals surface area contributed by atoms with Crippen LogP contribution >= 0.6 is 0 Å². The molecule has 50 heavy (non-hydrogen) atoms. The molecule has 0 amide bonds. The van der Waals surface area contributed by atoms with Gasteiger partial charge in [-0.15, -0.1) is 0 Å². The van der Waals surface area contributed by atoms with Gasteiger partial charge in [0.05, 0.1) is 11.3 Å². The molecule has 3 nitrogen and oxygen atoms in total. The summed E-state index contributed by atoms with van der Waals surface area (Å²) in [6.07, 6.45) is 13.7. The van der Waals surface area contributed by atoms with Gasteiger partial charge in [0, 0.05) is 22.2 Å². The number of hydrogen-bond donors (Lipinski definition) is 0. The molecule has 6 bridgehead atoms. The minimum absolute atomic E-state index is 0.0132. The fourth-order valence-electron chi connectivity index (χ4n) is 12.8. The molecule has 5 saturated carbocycles. The first-order valence-corrected chi connectivity index (χ1v) is 19.8. The molecular weight excluding hydrogens is 609 g/mol. The van der Waals surface area contributed by atoms with Crippen molar-refractivity contribution < 1.29 is 9.15 Å². The van der Waals surface area contributed by atoms with Gasteiger partial charge in [-0.25, -0.2) is 0 Å². The van der Waals surface area contributed by atoms with Crippen LogP contribution in [0.2, 0.25) is 0 Å². The molecule has 0 unspecified atom stereocenters. The van der Waals surface area contributed by atoms with Crippen LogP contribution in [0.1, 0.15) is 119 Å². The molecule has 2 aliphatic heterocycles. The Hall–Kier alpha value is -3.92. The highest BCUT2D eigenvalue weighted by atomic mass is 16.5. The first kappa shape index (κ1) is 28.7.